The van der Waals surface area contributed by atoms with E-state index in [-0.39, 0.29) is 31.2 Å². The van der Waals surface area contributed by atoms with Gasteiger partial charge in [0, 0.05) is 25.0 Å². The van der Waals surface area contributed by atoms with Crippen LogP contribution in [0.3, 0.4) is 0 Å². The van der Waals surface area contributed by atoms with Gasteiger partial charge in [-0.15, -0.1) is 0 Å². The van der Waals surface area contributed by atoms with E-state index in [4.69, 9.17) is 9.31 Å². The maximum atomic E-state index is 11.6. The number of amides is 1. The number of aliphatic hydroxyl groups excluding tert-OH is 1. The molecular formula is C29H44BNO4. The second-order valence-electron chi connectivity index (χ2n) is 9.93. The molecule has 1 aliphatic carbocycles. The maximum Gasteiger partial charge on any atom is 0.457 e. The van der Waals surface area contributed by atoms with Gasteiger partial charge in [0.1, 0.15) is 0 Å². The van der Waals surface area contributed by atoms with Crippen molar-refractivity contribution in [3.05, 3.63) is 60.2 Å². The molecule has 1 aliphatic heterocycles. The van der Waals surface area contributed by atoms with Gasteiger partial charge in [-0.2, -0.15) is 0 Å². The molecule has 2 aliphatic rings. The Balaban J connectivity index is 1.55. The molecule has 5 atom stereocenters. The number of hydrogen-bond donors (Lipinski definition) is 2. The van der Waals surface area contributed by atoms with Crippen LogP contribution in [-0.4, -0.2) is 43.0 Å². The van der Waals surface area contributed by atoms with Crippen LogP contribution < -0.4 is 5.32 Å². The summed E-state index contributed by atoms with van der Waals surface area (Å²) in [6.07, 6.45) is 17.5. The van der Waals surface area contributed by atoms with Gasteiger partial charge in [-0.25, -0.2) is 0 Å². The van der Waals surface area contributed by atoms with Crippen LogP contribution in [0.25, 0.3) is 0 Å². The van der Waals surface area contributed by atoms with Gasteiger partial charge in [0.25, 0.3) is 0 Å². The fourth-order valence-corrected chi connectivity index (χ4v) is 5.24. The third-order valence-electron chi connectivity index (χ3n) is 7.16. The third-order valence-corrected chi connectivity index (χ3v) is 7.16. The van der Waals surface area contributed by atoms with Crippen LogP contribution in [-0.2, 0) is 20.5 Å². The number of aryl methyl sites for hydroxylation is 1. The van der Waals surface area contributed by atoms with E-state index in [2.05, 4.69) is 42.6 Å². The first-order valence-electron chi connectivity index (χ1n) is 13.7. The average Bonchev–Trinajstić information content (AvgIpc) is 3.11. The highest BCUT2D eigenvalue weighted by molar-refractivity contribution is 6.44. The second-order valence-corrected chi connectivity index (χ2v) is 9.93. The van der Waals surface area contributed by atoms with Crippen molar-refractivity contribution in [1.82, 2.24) is 5.32 Å². The highest BCUT2D eigenvalue weighted by atomic mass is 16.6. The molecule has 2 unspecified atom stereocenters. The molecule has 6 heteroatoms. The molecule has 3 rings (SSSR count). The van der Waals surface area contributed by atoms with Gasteiger partial charge < -0.3 is 19.7 Å². The number of carbonyl (C=O) groups excluding carboxylic acids is 1. The van der Waals surface area contributed by atoms with E-state index in [0.717, 1.165) is 51.3 Å². The number of fused-ring (bicyclic) bond motifs is 2. The van der Waals surface area contributed by atoms with Gasteiger partial charge in [-0.05, 0) is 63.3 Å². The van der Waals surface area contributed by atoms with E-state index in [1.807, 2.05) is 31.2 Å². The molecule has 5 nitrogen and oxygen atoms in total. The van der Waals surface area contributed by atoms with Crippen LogP contribution in [0, 0.1) is 11.8 Å². The van der Waals surface area contributed by atoms with E-state index in [0.29, 0.717) is 25.3 Å². The van der Waals surface area contributed by atoms with Gasteiger partial charge in [0.05, 0.1) is 12.2 Å². The maximum absolute atomic E-state index is 11.6. The standard InChI is InChI=1S/C29H44BNO4/c1-3-5-21-30-34-27-22-28(35-30)26(20-19-24(32)18-17-23-13-9-8-10-14-23)25(27)15-11-6-7-12-16-29(33)31-4-2/h6,8-11,13-14,19-20,24-28,32H,3-5,7,12,15-18,21-22H2,1-2H3,(H,31,33)/b11-6-,20-19+/t24-,25-,26-,27?,28?/m1/s1. The number of carbonyl (C=O) groups is 1. The van der Waals surface area contributed by atoms with E-state index < -0.39 is 6.10 Å². The van der Waals surface area contributed by atoms with Crippen LogP contribution in [0.4, 0.5) is 0 Å². The molecule has 1 heterocycles. The quantitative estimate of drug-likeness (QED) is 0.197. The van der Waals surface area contributed by atoms with E-state index in [1.54, 1.807) is 0 Å². The molecule has 2 bridgehead atoms. The van der Waals surface area contributed by atoms with Gasteiger partial charge in [0.15, 0.2) is 0 Å². The predicted molar refractivity (Wildman–Crippen MR) is 143 cm³/mol. The second kappa shape index (κ2) is 15.3. The summed E-state index contributed by atoms with van der Waals surface area (Å²) in [7, 11) is -0.108. The zero-order valence-corrected chi connectivity index (χ0v) is 21.6. The molecule has 0 radical (unpaired) electrons. The highest BCUT2D eigenvalue weighted by Gasteiger charge is 2.49. The van der Waals surface area contributed by atoms with Gasteiger partial charge in [-0.1, -0.05) is 74.4 Å². The molecule has 35 heavy (non-hydrogen) atoms. The molecule has 2 N–H and O–H groups in total. The van der Waals surface area contributed by atoms with Crippen molar-refractivity contribution >= 4 is 13.0 Å². The smallest absolute Gasteiger partial charge is 0.408 e. The summed E-state index contributed by atoms with van der Waals surface area (Å²) in [6, 6.07) is 10.3. The van der Waals surface area contributed by atoms with Crippen LogP contribution in [0.1, 0.15) is 70.8 Å². The van der Waals surface area contributed by atoms with Crippen molar-refractivity contribution in [2.45, 2.75) is 96.3 Å². The Hall–Kier alpha value is -1.89. The molecule has 192 valence electrons. The first kappa shape index (κ1) is 27.7. The van der Waals surface area contributed by atoms with Crippen molar-refractivity contribution in [2.24, 2.45) is 11.8 Å². The van der Waals surface area contributed by atoms with Crippen molar-refractivity contribution in [3.63, 3.8) is 0 Å². The summed E-state index contributed by atoms with van der Waals surface area (Å²) >= 11 is 0. The number of allylic oxidation sites excluding steroid dienone is 2. The van der Waals surface area contributed by atoms with Crippen LogP contribution in [0.5, 0.6) is 0 Å². The van der Waals surface area contributed by atoms with Gasteiger partial charge in [0.2, 0.25) is 5.91 Å². The lowest BCUT2D eigenvalue weighted by molar-refractivity contribution is -0.121. The number of hydrogen-bond acceptors (Lipinski definition) is 4. The monoisotopic (exact) mass is 481 g/mol. The van der Waals surface area contributed by atoms with Crippen LogP contribution in [0.15, 0.2) is 54.6 Å². The summed E-state index contributed by atoms with van der Waals surface area (Å²) in [6.45, 7) is 4.83. The van der Waals surface area contributed by atoms with Gasteiger partial charge >= 0.3 is 7.12 Å². The Bertz CT molecular complexity index is 799. The molecule has 1 aromatic carbocycles. The van der Waals surface area contributed by atoms with Crippen molar-refractivity contribution < 1.29 is 19.2 Å². The molecule has 2 fully saturated rings. The molecular weight excluding hydrogens is 437 g/mol. The fraction of sp³-hybridized carbons (Fsp3) is 0.621. The highest BCUT2D eigenvalue weighted by Crippen LogP contribution is 2.44. The van der Waals surface area contributed by atoms with Crippen molar-refractivity contribution in [1.29, 1.82) is 0 Å². The Labute approximate surface area is 212 Å². The number of rotatable bonds is 15. The number of benzene rings is 1. The van der Waals surface area contributed by atoms with Crippen LogP contribution in [0.2, 0.25) is 6.32 Å². The first-order chi connectivity index (χ1) is 17.1. The minimum atomic E-state index is -0.460. The SMILES string of the molecule is CCCCB1OC2CC(O1)[C@H](C/C=C\CCCC(=O)NCC)[C@H]2/C=C/[C@H](O)CCc1ccccc1. The largest absolute Gasteiger partial charge is 0.457 e. The van der Waals surface area contributed by atoms with Crippen molar-refractivity contribution in [2.75, 3.05) is 6.54 Å². The summed E-state index contributed by atoms with van der Waals surface area (Å²) in [5, 5.41) is 13.5. The number of nitrogens with one attached hydrogen (secondary N) is 1. The normalized spacial score (nSPS) is 24.9. The lowest BCUT2D eigenvalue weighted by atomic mass is 9.80. The average molecular weight is 481 g/mol. The van der Waals surface area contributed by atoms with Crippen LogP contribution >= 0.6 is 0 Å². The van der Waals surface area contributed by atoms with Gasteiger partial charge in [-0.3, -0.25) is 4.79 Å². The zero-order valence-electron chi connectivity index (χ0n) is 21.6. The lowest BCUT2D eigenvalue weighted by Gasteiger charge is -2.27. The Kier molecular flexibility index (Phi) is 12.1. The minimum Gasteiger partial charge on any atom is -0.408 e. The fourth-order valence-electron chi connectivity index (χ4n) is 5.24. The summed E-state index contributed by atoms with van der Waals surface area (Å²) in [5.41, 5.74) is 1.25. The molecule has 0 aromatic heterocycles. The van der Waals surface area contributed by atoms with E-state index >= 15 is 0 Å². The Morgan fingerprint density at radius 1 is 1.17 bits per heavy atom. The Morgan fingerprint density at radius 2 is 1.97 bits per heavy atom. The summed E-state index contributed by atoms with van der Waals surface area (Å²) in [4.78, 5) is 11.6. The van der Waals surface area contributed by atoms with E-state index in [1.165, 1.54) is 5.56 Å². The minimum absolute atomic E-state index is 0.108. The number of aliphatic hydroxyl groups is 1. The predicted octanol–water partition coefficient (Wildman–Crippen LogP) is 5.50. The summed E-state index contributed by atoms with van der Waals surface area (Å²) in [5.74, 6) is 0.729. The first-order valence-corrected chi connectivity index (χ1v) is 13.7. The molecule has 0 spiro atoms. The lowest BCUT2D eigenvalue weighted by Crippen LogP contribution is -2.37. The topological polar surface area (TPSA) is 67.8 Å². The summed E-state index contributed by atoms with van der Waals surface area (Å²) < 4.78 is 12.7. The Morgan fingerprint density at radius 3 is 2.74 bits per heavy atom. The third kappa shape index (κ3) is 9.25. The molecule has 1 saturated heterocycles. The zero-order chi connectivity index (χ0) is 24.9. The molecule has 1 amide bonds. The van der Waals surface area contributed by atoms with Crippen molar-refractivity contribution in [3.8, 4) is 0 Å². The number of unbranched alkanes of at least 4 members (excludes halogenated alkanes) is 2. The molecule has 1 aromatic rings. The van der Waals surface area contributed by atoms with E-state index in [9.17, 15) is 9.90 Å². The molecule has 1 saturated carbocycles.